The number of oxazole rings is 1. The molecule has 0 atom stereocenters. The highest BCUT2D eigenvalue weighted by Gasteiger charge is 2.13. The van der Waals surface area contributed by atoms with Crippen LogP contribution in [0.5, 0.6) is 0 Å². The fraction of sp³-hybridized carbons (Fsp3) is 0.154. The van der Waals surface area contributed by atoms with Gasteiger partial charge in [0.15, 0.2) is 5.16 Å². The lowest BCUT2D eigenvalue weighted by Gasteiger charge is -2.01. The highest BCUT2D eigenvalue weighted by molar-refractivity contribution is 7.98. The van der Waals surface area contributed by atoms with Gasteiger partial charge < -0.3 is 15.9 Å². The Bertz CT molecular complexity index is 734. The lowest BCUT2D eigenvalue weighted by Crippen LogP contribution is -1.99. The van der Waals surface area contributed by atoms with Crippen LogP contribution in [0.15, 0.2) is 33.2 Å². The number of nitrogen functional groups attached to an aromatic ring is 2. The fourth-order valence-electron chi connectivity index (χ4n) is 1.73. The van der Waals surface area contributed by atoms with Crippen LogP contribution in [0.2, 0.25) is 0 Å². The smallest absolute Gasteiger partial charge is 0.236 e. The maximum Gasteiger partial charge on any atom is 0.236 e. The molecule has 3 aromatic heterocycles. The van der Waals surface area contributed by atoms with Gasteiger partial charge in [0.2, 0.25) is 5.89 Å². The fourth-order valence-corrected chi connectivity index (χ4v) is 3.25. The molecule has 0 aliphatic carbocycles. The molecule has 0 aliphatic heterocycles. The zero-order valence-electron chi connectivity index (χ0n) is 11.2. The van der Waals surface area contributed by atoms with Gasteiger partial charge in [-0.3, -0.25) is 0 Å². The number of hydrogen-bond donors (Lipinski definition) is 2. The van der Waals surface area contributed by atoms with Gasteiger partial charge in [0.05, 0.1) is 10.6 Å². The molecule has 0 aromatic carbocycles. The molecule has 21 heavy (non-hydrogen) atoms. The van der Waals surface area contributed by atoms with Gasteiger partial charge in [-0.05, 0) is 18.4 Å². The monoisotopic (exact) mass is 319 g/mol. The molecule has 0 fully saturated rings. The first kappa shape index (κ1) is 13.9. The molecule has 0 amide bonds. The number of hydrogen-bond acceptors (Lipinski definition) is 8. The zero-order valence-corrected chi connectivity index (χ0v) is 12.9. The minimum absolute atomic E-state index is 0.362. The van der Waals surface area contributed by atoms with E-state index in [1.165, 1.54) is 17.8 Å². The van der Waals surface area contributed by atoms with Gasteiger partial charge in [-0.15, -0.1) is 11.3 Å². The van der Waals surface area contributed by atoms with E-state index in [0.29, 0.717) is 28.4 Å². The van der Waals surface area contributed by atoms with Crippen molar-refractivity contribution < 1.29 is 4.42 Å². The number of anilines is 2. The van der Waals surface area contributed by atoms with E-state index in [-0.39, 0.29) is 0 Å². The van der Waals surface area contributed by atoms with Crippen LogP contribution in [-0.4, -0.2) is 15.0 Å². The van der Waals surface area contributed by atoms with Crippen molar-refractivity contribution in [2.45, 2.75) is 17.8 Å². The normalized spacial score (nSPS) is 10.9. The summed E-state index contributed by atoms with van der Waals surface area (Å²) in [7, 11) is 0. The molecular formula is C13H13N5OS2. The van der Waals surface area contributed by atoms with Crippen molar-refractivity contribution in [1.29, 1.82) is 0 Å². The quantitative estimate of drug-likeness (QED) is 0.562. The van der Waals surface area contributed by atoms with E-state index in [9.17, 15) is 0 Å². The molecule has 0 aliphatic rings. The number of aromatic nitrogens is 3. The number of thioether (sulfide) groups is 1. The molecule has 0 spiro atoms. The van der Waals surface area contributed by atoms with Crippen LogP contribution in [0.1, 0.15) is 11.5 Å². The average molecular weight is 319 g/mol. The molecule has 0 radical (unpaired) electrons. The predicted molar refractivity (Wildman–Crippen MR) is 85.0 cm³/mol. The van der Waals surface area contributed by atoms with Crippen LogP contribution >= 0.6 is 23.1 Å². The standard InChI is InChI=1S/C13H13N5OS2/c1-7-8(16-12(19-7)9-3-2-4-20-9)6-21-13-17-10(14)5-11(15)18-13/h2-5H,6H2,1H3,(H4,14,15,17,18). The summed E-state index contributed by atoms with van der Waals surface area (Å²) in [6.45, 7) is 1.90. The second kappa shape index (κ2) is 5.74. The summed E-state index contributed by atoms with van der Waals surface area (Å²) in [5.74, 6) is 2.76. The molecule has 3 heterocycles. The van der Waals surface area contributed by atoms with Crippen molar-refractivity contribution >= 4 is 34.7 Å². The first-order chi connectivity index (χ1) is 10.1. The Labute approximate surface area is 129 Å². The molecule has 0 unspecified atom stereocenters. The molecule has 108 valence electrons. The first-order valence-corrected chi connectivity index (χ1v) is 8.01. The number of aryl methyl sites for hydroxylation is 1. The van der Waals surface area contributed by atoms with Crippen LogP contribution in [0, 0.1) is 6.92 Å². The SMILES string of the molecule is Cc1oc(-c2cccs2)nc1CSc1nc(N)cc(N)n1. The summed E-state index contributed by atoms with van der Waals surface area (Å²) in [6, 6.07) is 5.48. The van der Waals surface area contributed by atoms with Crippen molar-refractivity contribution in [2.75, 3.05) is 11.5 Å². The largest absolute Gasteiger partial charge is 0.440 e. The van der Waals surface area contributed by atoms with Crippen LogP contribution < -0.4 is 11.5 Å². The number of nitrogens with two attached hydrogens (primary N) is 2. The van der Waals surface area contributed by atoms with E-state index >= 15 is 0 Å². The van der Waals surface area contributed by atoms with Gasteiger partial charge >= 0.3 is 0 Å². The van der Waals surface area contributed by atoms with Crippen LogP contribution in [0.25, 0.3) is 10.8 Å². The molecule has 3 aromatic rings. The first-order valence-electron chi connectivity index (χ1n) is 6.15. The topological polar surface area (TPSA) is 104 Å². The minimum Gasteiger partial charge on any atom is -0.440 e. The molecule has 0 saturated carbocycles. The number of thiophene rings is 1. The summed E-state index contributed by atoms with van der Waals surface area (Å²) in [4.78, 5) is 13.8. The van der Waals surface area contributed by atoms with Crippen LogP contribution in [0.3, 0.4) is 0 Å². The third kappa shape index (κ3) is 3.17. The molecule has 6 nitrogen and oxygen atoms in total. The van der Waals surface area contributed by atoms with E-state index in [1.807, 2.05) is 24.4 Å². The Hall–Kier alpha value is -2.06. The predicted octanol–water partition coefficient (Wildman–Crippen LogP) is 2.96. The Morgan fingerprint density at radius 1 is 1.24 bits per heavy atom. The number of rotatable bonds is 4. The molecule has 8 heteroatoms. The van der Waals surface area contributed by atoms with Crippen molar-refractivity contribution in [1.82, 2.24) is 15.0 Å². The number of nitrogens with zero attached hydrogens (tertiary/aromatic N) is 3. The van der Waals surface area contributed by atoms with Crippen molar-refractivity contribution in [3.63, 3.8) is 0 Å². The Kier molecular flexibility index (Phi) is 3.80. The summed E-state index contributed by atoms with van der Waals surface area (Å²) in [6.07, 6.45) is 0. The Morgan fingerprint density at radius 3 is 2.67 bits per heavy atom. The highest BCUT2D eigenvalue weighted by atomic mass is 32.2. The van der Waals surface area contributed by atoms with Crippen LogP contribution in [0.4, 0.5) is 11.6 Å². The van der Waals surface area contributed by atoms with E-state index in [1.54, 1.807) is 11.3 Å². The Morgan fingerprint density at radius 2 is 2.00 bits per heavy atom. The molecule has 3 rings (SSSR count). The molecule has 0 saturated heterocycles. The second-order valence-corrected chi connectivity index (χ2v) is 6.18. The van der Waals surface area contributed by atoms with Gasteiger partial charge in [0, 0.05) is 11.8 Å². The summed E-state index contributed by atoms with van der Waals surface area (Å²) in [5.41, 5.74) is 12.2. The maximum absolute atomic E-state index is 5.69. The van der Waals surface area contributed by atoms with E-state index < -0.39 is 0 Å². The third-order valence-corrected chi connectivity index (χ3v) is 4.42. The van der Waals surface area contributed by atoms with Gasteiger partial charge in [-0.2, -0.15) is 0 Å². The van der Waals surface area contributed by atoms with Gasteiger partial charge in [0.1, 0.15) is 17.4 Å². The lowest BCUT2D eigenvalue weighted by molar-refractivity contribution is 0.542. The van der Waals surface area contributed by atoms with Gasteiger partial charge in [-0.1, -0.05) is 17.8 Å². The molecule has 0 bridgehead atoms. The average Bonchev–Trinajstić information content (AvgIpc) is 3.04. The maximum atomic E-state index is 5.69. The molecular weight excluding hydrogens is 306 g/mol. The van der Waals surface area contributed by atoms with Crippen LogP contribution in [-0.2, 0) is 5.75 Å². The third-order valence-electron chi connectivity index (χ3n) is 2.71. The zero-order chi connectivity index (χ0) is 14.8. The van der Waals surface area contributed by atoms with Gasteiger partial charge in [0.25, 0.3) is 0 Å². The highest BCUT2D eigenvalue weighted by Crippen LogP contribution is 2.28. The van der Waals surface area contributed by atoms with Crippen molar-refractivity contribution in [3.8, 4) is 10.8 Å². The van der Waals surface area contributed by atoms with Gasteiger partial charge in [-0.25, -0.2) is 15.0 Å². The van der Waals surface area contributed by atoms with E-state index in [2.05, 4.69) is 15.0 Å². The summed E-state index contributed by atoms with van der Waals surface area (Å²) in [5, 5.41) is 2.53. The minimum atomic E-state index is 0.362. The second-order valence-electron chi connectivity index (χ2n) is 4.29. The lowest BCUT2D eigenvalue weighted by atomic mass is 10.4. The van der Waals surface area contributed by atoms with Crippen molar-refractivity contribution in [2.24, 2.45) is 0 Å². The molecule has 4 N–H and O–H groups in total. The van der Waals surface area contributed by atoms with E-state index in [4.69, 9.17) is 15.9 Å². The summed E-state index contributed by atoms with van der Waals surface area (Å²) < 4.78 is 5.69. The van der Waals surface area contributed by atoms with E-state index in [0.717, 1.165) is 16.3 Å². The summed E-state index contributed by atoms with van der Waals surface area (Å²) >= 11 is 3.02. The Balaban J connectivity index is 1.76. The van der Waals surface area contributed by atoms with Crippen molar-refractivity contribution in [3.05, 3.63) is 35.0 Å².